The smallest absolute Gasteiger partial charge is 0.204 e. The van der Waals surface area contributed by atoms with E-state index in [1.165, 1.54) is 0 Å². The molecule has 0 aromatic rings. The van der Waals surface area contributed by atoms with Crippen LogP contribution in [-0.4, -0.2) is 61.3 Å². The number of allylic oxidation sites excluding steroid dienone is 1. The first kappa shape index (κ1) is 17.0. The van der Waals surface area contributed by atoms with E-state index >= 15 is 0 Å². The Morgan fingerprint density at radius 1 is 1.24 bits per heavy atom. The van der Waals surface area contributed by atoms with Crippen molar-refractivity contribution in [2.24, 2.45) is 5.41 Å². The van der Waals surface area contributed by atoms with Crippen LogP contribution < -0.4 is 0 Å². The van der Waals surface area contributed by atoms with Gasteiger partial charge in [0.15, 0.2) is 5.78 Å². The molecule has 0 aromatic carbocycles. The Labute approximate surface area is 132 Å². The van der Waals surface area contributed by atoms with Crippen LogP contribution in [0, 0.1) is 5.41 Å². The molecule has 1 unspecified atom stereocenters. The molecule has 120 valence electrons. The van der Waals surface area contributed by atoms with Gasteiger partial charge in [0.1, 0.15) is 0 Å². The number of hydrogen-bond donors (Lipinski definition) is 0. The van der Waals surface area contributed by atoms with E-state index in [0.29, 0.717) is 6.42 Å². The van der Waals surface area contributed by atoms with Gasteiger partial charge in [0.25, 0.3) is 0 Å². The van der Waals surface area contributed by atoms with Crippen LogP contribution in [0.15, 0.2) is 11.6 Å². The number of carbonyl (C=O) groups is 1. The molecule has 0 aromatic heterocycles. The number of ketones is 1. The maximum Gasteiger partial charge on any atom is 0.204 e. The van der Waals surface area contributed by atoms with E-state index in [9.17, 15) is 4.79 Å². The highest BCUT2D eigenvalue weighted by Gasteiger charge is 2.48. The zero-order chi connectivity index (χ0) is 15.7. The quantitative estimate of drug-likeness (QED) is 0.748. The molecule has 0 spiro atoms. The van der Waals surface area contributed by atoms with Gasteiger partial charge < -0.3 is 9.47 Å². The molecule has 0 bridgehead atoms. The molecule has 1 saturated heterocycles. The number of thioether (sulfide) groups is 1. The Hall–Kier alpha value is -0.360. The fourth-order valence-corrected chi connectivity index (χ4v) is 4.12. The van der Waals surface area contributed by atoms with Crippen LogP contribution in [-0.2, 0) is 14.3 Å². The molecule has 0 amide bonds. The highest BCUT2D eigenvalue weighted by atomic mass is 32.2. The second kappa shape index (κ2) is 6.41. The van der Waals surface area contributed by atoms with Crippen LogP contribution in [0.5, 0.6) is 0 Å². The van der Waals surface area contributed by atoms with Crippen molar-refractivity contribution in [3.8, 4) is 0 Å². The summed E-state index contributed by atoms with van der Waals surface area (Å²) < 4.78 is 11.5. The standard InChI is InChI=1S/C16H27NO3S/c1-15(2,3)12-11-16(19-4,20-5)14(10-13(12)18)17-6-8-21-9-7-17/h11,14H,6-10H2,1-5H3. The number of hydrogen-bond acceptors (Lipinski definition) is 5. The normalized spacial score (nSPS) is 27.6. The van der Waals surface area contributed by atoms with Crippen molar-refractivity contribution in [2.75, 3.05) is 38.8 Å². The maximum atomic E-state index is 12.6. The van der Waals surface area contributed by atoms with Crippen LogP contribution in [0.2, 0.25) is 0 Å². The topological polar surface area (TPSA) is 38.8 Å². The summed E-state index contributed by atoms with van der Waals surface area (Å²) >= 11 is 1.96. The third-order valence-corrected chi connectivity index (χ3v) is 5.36. The van der Waals surface area contributed by atoms with E-state index in [-0.39, 0.29) is 17.2 Å². The molecule has 1 aliphatic carbocycles. The lowest BCUT2D eigenvalue weighted by atomic mass is 9.76. The number of carbonyl (C=O) groups excluding carboxylic acids is 1. The third kappa shape index (κ3) is 3.36. The molecule has 5 heteroatoms. The minimum absolute atomic E-state index is 0.0352. The number of nitrogens with zero attached hydrogens (tertiary/aromatic N) is 1. The average molecular weight is 313 g/mol. The van der Waals surface area contributed by atoms with Gasteiger partial charge in [0.05, 0.1) is 6.04 Å². The Balaban J connectivity index is 2.38. The zero-order valence-corrected chi connectivity index (χ0v) is 14.6. The van der Waals surface area contributed by atoms with Crippen molar-refractivity contribution in [3.63, 3.8) is 0 Å². The Kier molecular flexibility index (Phi) is 5.19. The number of ether oxygens (including phenoxy) is 2. The number of rotatable bonds is 3. The molecule has 2 rings (SSSR count). The summed E-state index contributed by atoms with van der Waals surface area (Å²) in [5, 5.41) is 0. The molecule has 1 atom stereocenters. The van der Waals surface area contributed by atoms with Gasteiger partial charge in [0, 0.05) is 50.8 Å². The Morgan fingerprint density at radius 3 is 2.29 bits per heavy atom. The SMILES string of the molecule is COC1(OC)C=C(C(C)(C)C)C(=O)CC1N1CCSCC1. The molecule has 0 N–H and O–H groups in total. The fourth-order valence-electron chi connectivity index (χ4n) is 3.19. The summed E-state index contributed by atoms with van der Waals surface area (Å²) in [7, 11) is 3.34. The van der Waals surface area contributed by atoms with Crippen molar-refractivity contribution >= 4 is 17.5 Å². The molecular weight excluding hydrogens is 286 g/mol. The third-order valence-electron chi connectivity index (χ3n) is 4.42. The summed E-state index contributed by atoms with van der Waals surface area (Å²) in [6.07, 6.45) is 2.39. The molecule has 0 saturated carbocycles. The first-order valence-corrected chi connectivity index (χ1v) is 8.68. The second-order valence-electron chi connectivity index (χ2n) is 6.73. The first-order chi connectivity index (χ1) is 9.84. The van der Waals surface area contributed by atoms with Gasteiger partial charge in [0.2, 0.25) is 5.79 Å². The van der Waals surface area contributed by atoms with E-state index in [4.69, 9.17) is 9.47 Å². The van der Waals surface area contributed by atoms with Gasteiger partial charge in [-0.25, -0.2) is 0 Å². The van der Waals surface area contributed by atoms with Crippen molar-refractivity contribution in [1.29, 1.82) is 0 Å². The van der Waals surface area contributed by atoms with Crippen LogP contribution in [0.1, 0.15) is 27.2 Å². The van der Waals surface area contributed by atoms with E-state index in [2.05, 4.69) is 25.7 Å². The van der Waals surface area contributed by atoms with Crippen LogP contribution in [0.25, 0.3) is 0 Å². The molecule has 4 nitrogen and oxygen atoms in total. The lowest BCUT2D eigenvalue weighted by Crippen LogP contribution is -2.59. The van der Waals surface area contributed by atoms with Crippen molar-refractivity contribution in [3.05, 3.63) is 11.6 Å². The summed E-state index contributed by atoms with van der Waals surface area (Å²) in [5.74, 6) is 1.60. The molecule has 21 heavy (non-hydrogen) atoms. The van der Waals surface area contributed by atoms with Gasteiger partial charge >= 0.3 is 0 Å². The summed E-state index contributed by atoms with van der Waals surface area (Å²) in [4.78, 5) is 14.9. The van der Waals surface area contributed by atoms with Gasteiger partial charge in [-0.3, -0.25) is 9.69 Å². The van der Waals surface area contributed by atoms with E-state index in [0.717, 1.165) is 30.2 Å². The van der Waals surface area contributed by atoms with Crippen LogP contribution >= 0.6 is 11.8 Å². The predicted octanol–water partition coefficient (Wildman–Crippen LogP) is 2.34. The largest absolute Gasteiger partial charge is 0.348 e. The van der Waals surface area contributed by atoms with Crippen LogP contribution in [0.4, 0.5) is 0 Å². The fraction of sp³-hybridized carbons (Fsp3) is 0.812. The van der Waals surface area contributed by atoms with Gasteiger partial charge in [-0.15, -0.1) is 0 Å². The Morgan fingerprint density at radius 2 is 1.81 bits per heavy atom. The van der Waals surface area contributed by atoms with E-state index in [1.807, 2.05) is 17.8 Å². The Bertz CT molecular complexity index is 418. The van der Waals surface area contributed by atoms with Crippen molar-refractivity contribution in [1.82, 2.24) is 4.90 Å². The summed E-state index contributed by atoms with van der Waals surface area (Å²) in [5.41, 5.74) is 0.621. The lowest BCUT2D eigenvalue weighted by molar-refractivity contribution is -0.214. The minimum atomic E-state index is -0.821. The first-order valence-electron chi connectivity index (χ1n) is 7.52. The predicted molar refractivity (Wildman–Crippen MR) is 86.6 cm³/mol. The van der Waals surface area contributed by atoms with Crippen molar-refractivity contribution in [2.45, 2.75) is 39.0 Å². The van der Waals surface area contributed by atoms with Gasteiger partial charge in [-0.1, -0.05) is 20.8 Å². The molecule has 2 aliphatic rings. The summed E-state index contributed by atoms with van der Waals surface area (Å²) in [6, 6.07) is -0.0352. The summed E-state index contributed by atoms with van der Waals surface area (Å²) in [6.45, 7) is 8.14. The van der Waals surface area contributed by atoms with Crippen LogP contribution in [0.3, 0.4) is 0 Å². The molecule has 0 radical (unpaired) electrons. The molecular formula is C16H27NO3S. The van der Waals surface area contributed by atoms with Crippen molar-refractivity contribution < 1.29 is 14.3 Å². The van der Waals surface area contributed by atoms with E-state index < -0.39 is 5.79 Å². The average Bonchev–Trinajstić information content (AvgIpc) is 2.47. The number of Topliss-reactive ketones (excluding diaryl/α,β-unsaturated/α-hetero) is 1. The van der Waals surface area contributed by atoms with Gasteiger partial charge in [-0.05, 0) is 11.5 Å². The maximum absolute atomic E-state index is 12.6. The van der Waals surface area contributed by atoms with E-state index in [1.54, 1.807) is 14.2 Å². The lowest BCUT2D eigenvalue weighted by Gasteiger charge is -2.47. The number of methoxy groups -OCH3 is 2. The highest BCUT2D eigenvalue weighted by molar-refractivity contribution is 7.99. The highest BCUT2D eigenvalue weighted by Crippen LogP contribution is 2.39. The monoisotopic (exact) mass is 313 g/mol. The molecule has 1 fully saturated rings. The second-order valence-corrected chi connectivity index (χ2v) is 7.95. The minimum Gasteiger partial charge on any atom is -0.348 e. The molecule has 1 aliphatic heterocycles. The zero-order valence-electron chi connectivity index (χ0n) is 13.8. The van der Waals surface area contributed by atoms with Gasteiger partial charge in [-0.2, -0.15) is 11.8 Å². The molecule has 1 heterocycles.